The van der Waals surface area contributed by atoms with Crippen molar-refractivity contribution in [1.82, 2.24) is 10.3 Å². The summed E-state index contributed by atoms with van der Waals surface area (Å²) in [6.07, 6.45) is 3.08. The average molecular weight is 345 g/mol. The molecule has 2 aromatic rings. The number of aryl methyl sites for hydroxylation is 2. The van der Waals surface area contributed by atoms with Gasteiger partial charge in [0.2, 0.25) is 0 Å². The third kappa shape index (κ3) is 9.79. The lowest BCUT2D eigenvalue weighted by Crippen LogP contribution is -2.28. The summed E-state index contributed by atoms with van der Waals surface area (Å²) in [6, 6.07) is 6.26. The molecular weight excluding hydrogens is 327 g/mol. The summed E-state index contributed by atoms with van der Waals surface area (Å²) in [5.41, 5.74) is 6.11. The van der Waals surface area contributed by atoms with Crippen LogP contribution in [0.25, 0.3) is 0 Å². The molecule has 22 heavy (non-hydrogen) atoms. The molecule has 8 heteroatoms. The molecular formula is C14H18Cl2N4O2. The molecule has 2 heterocycles. The van der Waals surface area contributed by atoms with Crippen LogP contribution in [0.15, 0.2) is 36.7 Å². The van der Waals surface area contributed by atoms with Crippen molar-refractivity contribution in [2.75, 3.05) is 7.05 Å². The second-order valence-corrected chi connectivity index (χ2v) is 4.91. The maximum atomic E-state index is 10.6. The van der Waals surface area contributed by atoms with E-state index in [-0.39, 0.29) is 0 Å². The summed E-state index contributed by atoms with van der Waals surface area (Å²) in [5, 5.41) is 14.1. The molecule has 0 atom stereocenters. The number of hydrogen-bond donors (Lipinski definition) is 2. The quantitative estimate of drug-likeness (QED) is 0.567. The highest BCUT2D eigenvalue weighted by molar-refractivity contribution is 6.30. The third-order valence-electron chi connectivity index (χ3n) is 2.17. The number of amides is 2. The molecule has 0 aliphatic heterocycles. The number of aromatic nitrogens is 2. The van der Waals surface area contributed by atoms with E-state index in [2.05, 4.69) is 16.0 Å². The molecule has 0 saturated heterocycles. The summed E-state index contributed by atoms with van der Waals surface area (Å²) in [6.45, 7) is 3.62. The Balaban J connectivity index is 0.000000315. The minimum Gasteiger partial charge on any atom is -0.619 e. The molecule has 0 radical (unpaired) electrons. The first kappa shape index (κ1) is 19.9. The van der Waals surface area contributed by atoms with E-state index in [9.17, 15) is 10.0 Å². The Bertz CT molecular complexity index is 592. The van der Waals surface area contributed by atoms with Crippen molar-refractivity contribution in [2.24, 2.45) is 5.73 Å². The highest BCUT2D eigenvalue weighted by Gasteiger charge is 1.96. The Labute approximate surface area is 139 Å². The van der Waals surface area contributed by atoms with Crippen LogP contribution < -0.4 is 15.8 Å². The van der Waals surface area contributed by atoms with E-state index in [4.69, 9.17) is 23.2 Å². The number of rotatable bonds is 0. The van der Waals surface area contributed by atoms with E-state index < -0.39 is 6.03 Å². The predicted molar refractivity (Wildman–Crippen MR) is 87.8 cm³/mol. The third-order valence-corrected chi connectivity index (χ3v) is 2.64. The first-order valence-corrected chi connectivity index (χ1v) is 6.92. The van der Waals surface area contributed by atoms with Gasteiger partial charge in [0.05, 0.1) is 5.02 Å². The van der Waals surface area contributed by atoms with Gasteiger partial charge in [0.1, 0.15) is 0 Å². The van der Waals surface area contributed by atoms with Gasteiger partial charge < -0.3 is 16.3 Å². The lowest BCUT2D eigenvalue weighted by molar-refractivity contribution is -0.612. The van der Waals surface area contributed by atoms with Crippen molar-refractivity contribution < 1.29 is 9.52 Å². The highest BCUT2D eigenvalue weighted by atomic mass is 35.5. The lowest BCUT2D eigenvalue weighted by Gasteiger charge is -1.97. The topological polar surface area (TPSA) is 95.0 Å². The standard InChI is InChI=1S/C6H6ClNO.C6H6ClN.C2H6N2O/c1-5-4-6(7)2-3-8(5)9;1-5-4-6(7)2-3-8-5;1-4-2(3)5/h2-4H,1H3;2-4H,1H3;1H3,(H3,3,4,5). The molecule has 2 rings (SSSR count). The Morgan fingerprint density at radius 2 is 1.82 bits per heavy atom. The maximum absolute atomic E-state index is 10.6. The van der Waals surface area contributed by atoms with Gasteiger partial charge in [0, 0.05) is 43.0 Å². The second kappa shape index (κ2) is 10.6. The number of hydrogen-bond acceptors (Lipinski definition) is 3. The van der Waals surface area contributed by atoms with Crippen molar-refractivity contribution in [1.29, 1.82) is 0 Å². The minimum absolute atomic E-state index is 0.495. The van der Waals surface area contributed by atoms with Crippen LogP contribution in [-0.4, -0.2) is 18.1 Å². The molecule has 0 aromatic carbocycles. The SMILES string of the molecule is CNC(N)=O.Cc1cc(Cl)cc[n+]1[O-].Cc1cc(Cl)ccn1. The highest BCUT2D eigenvalue weighted by Crippen LogP contribution is 2.06. The van der Waals surface area contributed by atoms with Gasteiger partial charge in [-0.15, -0.1) is 0 Å². The van der Waals surface area contributed by atoms with Gasteiger partial charge >= 0.3 is 6.03 Å². The normalized spacial score (nSPS) is 8.77. The van der Waals surface area contributed by atoms with Crippen LogP contribution in [0.1, 0.15) is 11.4 Å². The van der Waals surface area contributed by atoms with Crippen LogP contribution in [0.4, 0.5) is 4.79 Å². The molecule has 120 valence electrons. The van der Waals surface area contributed by atoms with Gasteiger partial charge in [-0.05, 0) is 19.1 Å². The summed E-state index contributed by atoms with van der Waals surface area (Å²) >= 11 is 11.2. The number of urea groups is 1. The molecule has 0 aliphatic rings. The second-order valence-electron chi connectivity index (χ2n) is 4.04. The van der Waals surface area contributed by atoms with Crippen LogP contribution in [0.5, 0.6) is 0 Å². The number of pyridine rings is 2. The van der Waals surface area contributed by atoms with Gasteiger partial charge in [0.25, 0.3) is 0 Å². The van der Waals surface area contributed by atoms with Crippen LogP contribution >= 0.6 is 23.2 Å². The zero-order valence-electron chi connectivity index (χ0n) is 12.5. The van der Waals surface area contributed by atoms with Crippen LogP contribution in [0.2, 0.25) is 10.0 Å². The number of nitrogens with one attached hydrogen (secondary N) is 1. The number of nitrogens with two attached hydrogens (primary N) is 1. The van der Waals surface area contributed by atoms with E-state index in [0.29, 0.717) is 10.7 Å². The largest absolute Gasteiger partial charge is 0.619 e. The van der Waals surface area contributed by atoms with Crippen molar-refractivity contribution in [3.05, 3.63) is 63.3 Å². The van der Waals surface area contributed by atoms with Gasteiger partial charge in [-0.1, -0.05) is 23.2 Å². The fourth-order valence-electron chi connectivity index (χ4n) is 1.08. The Hall–Kier alpha value is -2.05. The van der Waals surface area contributed by atoms with Crippen LogP contribution in [-0.2, 0) is 0 Å². The van der Waals surface area contributed by atoms with E-state index in [1.165, 1.54) is 13.2 Å². The molecule has 0 saturated carbocycles. The summed E-state index contributed by atoms with van der Waals surface area (Å²) < 4.78 is 0.770. The number of carbonyl (C=O) groups excluding carboxylic acids is 1. The van der Waals surface area contributed by atoms with Gasteiger partial charge in [-0.3, -0.25) is 4.98 Å². The number of primary amides is 1. The molecule has 0 spiro atoms. The molecule has 0 fully saturated rings. The number of nitrogens with zero attached hydrogens (tertiary/aromatic N) is 2. The van der Waals surface area contributed by atoms with E-state index in [1.54, 1.807) is 31.3 Å². The number of halogens is 2. The molecule has 0 unspecified atom stereocenters. The Morgan fingerprint density at radius 3 is 2.14 bits per heavy atom. The summed E-state index contributed by atoms with van der Waals surface area (Å²) in [7, 11) is 1.47. The molecule has 3 N–H and O–H groups in total. The van der Waals surface area contributed by atoms with Crippen molar-refractivity contribution in [3.8, 4) is 0 Å². The smallest absolute Gasteiger partial charge is 0.311 e. The van der Waals surface area contributed by atoms with Crippen molar-refractivity contribution in [3.63, 3.8) is 0 Å². The first-order valence-electron chi connectivity index (χ1n) is 6.17. The zero-order valence-corrected chi connectivity index (χ0v) is 14.0. The van der Waals surface area contributed by atoms with E-state index in [0.717, 1.165) is 15.4 Å². The molecule has 2 amide bonds. The number of carbonyl (C=O) groups is 1. The Morgan fingerprint density at radius 1 is 1.27 bits per heavy atom. The van der Waals surface area contributed by atoms with E-state index >= 15 is 0 Å². The minimum atomic E-state index is -0.495. The van der Waals surface area contributed by atoms with E-state index in [1.807, 2.05) is 13.0 Å². The zero-order chi connectivity index (χ0) is 17.1. The maximum Gasteiger partial charge on any atom is 0.311 e. The van der Waals surface area contributed by atoms with Crippen molar-refractivity contribution in [2.45, 2.75) is 13.8 Å². The van der Waals surface area contributed by atoms with Crippen LogP contribution in [0, 0.1) is 19.1 Å². The summed E-state index contributed by atoms with van der Waals surface area (Å²) in [5.74, 6) is 0. The first-order chi connectivity index (χ1) is 10.3. The van der Waals surface area contributed by atoms with Gasteiger partial charge in [-0.25, -0.2) is 4.79 Å². The molecule has 0 bridgehead atoms. The predicted octanol–water partition coefficient (Wildman–Crippen LogP) is 2.61. The molecule has 0 aliphatic carbocycles. The van der Waals surface area contributed by atoms with Crippen molar-refractivity contribution >= 4 is 29.2 Å². The van der Waals surface area contributed by atoms with Crippen LogP contribution in [0.3, 0.4) is 0 Å². The van der Waals surface area contributed by atoms with Gasteiger partial charge in [-0.2, -0.15) is 4.73 Å². The lowest BCUT2D eigenvalue weighted by atomic mass is 10.4. The van der Waals surface area contributed by atoms with Gasteiger partial charge in [0.15, 0.2) is 11.9 Å². The molecule has 6 nitrogen and oxygen atoms in total. The monoisotopic (exact) mass is 344 g/mol. The Kier molecular flexibility index (Phi) is 9.65. The molecule has 2 aromatic heterocycles. The average Bonchev–Trinajstić information content (AvgIpc) is 2.44. The summed E-state index contributed by atoms with van der Waals surface area (Å²) in [4.78, 5) is 13.4. The fraction of sp³-hybridized carbons (Fsp3) is 0.214. The fourth-order valence-corrected chi connectivity index (χ4v) is 1.51.